The number of aliphatic hydroxyl groups is 2. The molecule has 4 N–H and O–H groups in total. The highest BCUT2D eigenvalue weighted by molar-refractivity contribution is 5.97. The molecule has 0 saturated heterocycles. The summed E-state index contributed by atoms with van der Waals surface area (Å²) in [5, 5.41) is 23.4. The van der Waals surface area contributed by atoms with Crippen molar-refractivity contribution in [3.8, 4) is 33.9 Å². The molecule has 0 fully saturated rings. The molecule has 14 heteroatoms. The van der Waals surface area contributed by atoms with Gasteiger partial charge in [-0.15, -0.1) is 0 Å². The van der Waals surface area contributed by atoms with Gasteiger partial charge in [0.25, 0.3) is 11.8 Å². The van der Waals surface area contributed by atoms with Crippen LogP contribution in [0.15, 0.2) is 109 Å². The van der Waals surface area contributed by atoms with Crippen molar-refractivity contribution in [2.24, 2.45) is 0 Å². The Morgan fingerprint density at radius 3 is 1.45 bits per heavy atom. The van der Waals surface area contributed by atoms with Crippen molar-refractivity contribution < 1.29 is 48.2 Å². The van der Waals surface area contributed by atoms with Crippen LogP contribution in [0.1, 0.15) is 26.3 Å². The van der Waals surface area contributed by atoms with Crippen LogP contribution in [-0.2, 0) is 35.0 Å². The average molecular weight is 825 g/mol. The minimum Gasteiger partial charge on any atom is -0.394 e. The van der Waals surface area contributed by atoms with E-state index in [1.807, 2.05) is 84.9 Å². The minimum atomic E-state index is -0.245. The molecule has 1 aromatic heterocycles. The second-order valence-electron chi connectivity index (χ2n) is 13.4. The average Bonchev–Trinajstić information content (AvgIpc) is 3.66. The van der Waals surface area contributed by atoms with Gasteiger partial charge in [0.2, 0.25) is 0 Å². The molecule has 14 nitrogen and oxygen atoms in total. The summed E-state index contributed by atoms with van der Waals surface area (Å²) in [4.78, 5) is 32.1. The molecule has 5 aromatic rings. The maximum Gasteiger partial charge on any atom is 0.251 e. The molecule has 0 aliphatic carbocycles. The summed E-state index contributed by atoms with van der Waals surface area (Å²) in [6.07, 6.45) is 0. The standard InChI is InChI=1S/C46H56N4O10/c51-19-23-57-27-31-59-29-25-55-21-17-47-45(53)40-15-7-13-38(33-40)42-43(50(35-36-9-3-1-4-10-36)44(49-42)37-11-5-2-6-12-37)39-14-8-16-41(34-39)46(54)48-18-22-56-26-30-60-32-28-58-24-20-52/h1-16,33-34,51-52H,17-32,35H2,(H,47,53)(H,48,54). The Morgan fingerprint density at radius 2 is 0.933 bits per heavy atom. The van der Waals surface area contributed by atoms with Crippen LogP contribution in [0.3, 0.4) is 0 Å². The summed E-state index contributed by atoms with van der Waals surface area (Å²) in [5.74, 6) is 0.257. The second kappa shape index (κ2) is 26.7. The van der Waals surface area contributed by atoms with Gasteiger partial charge in [-0.1, -0.05) is 84.9 Å². The summed E-state index contributed by atoms with van der Waals surface area (Å²) in [5.41, 5.74) is 5.93. The number of aromatic nitrogens is 2. The molecule has 2 amide bonds. The molecule has 5 rings (SSSR count). The smallest absolute Gasteiger partial charge is 0.251 e. The number of carbonyl (C=O) groups is 2. The molecule has 0 aliphatic heterocycles. The maximum atomic E-state index is 13.5. The van der Waals surface area contributed by atoms with E-state index in [0.717, 1.165) is 33.8 Å². The van der Waals surface area contributed by atoms with E-state index in [-0.39, 0.29) is 38.2 Å². The molecule has 0 unspecified atom stereocenters. The number of ether oxygens (including phenoxy) is 6. The lowest BCUT2D eigenvalue weighted by atomic mass is 10.0. The first-order chi connectivity index (χ1) is 29.6. The lowest BCUT2D eigenvalue weighted by Gasteiger charge is -2.15. The number of nitrogens with one attached hydrogen (secondary N) is 2. The van der Waals surface area contributed by atoms with Crippen molar-refractivity contribution in [2.45, 2.75) is 6.54 Å². The fourth-order valence-corrected chi connectivity index (χ4v) is 6.18. The third kappa shape index (κ3) is 15.1. The fraction of sp³-hybridized carbons (Fsp3) is 0.370. The van der Waals surface area contributed by atoms with Crippen molar-refractivity contribution in [3.05, 3.63) is 126 Å². The zero-order valence-corrected chi connectivity index (χ0v) is 34.0. The van der Waals surface area contributed by atoms with E-state index in [2.05, 4.69) is 27.3 Å². The number of nitrogens with zero attached hydrogens (tertiary/aromatic N) is 2. The van der Waals surface area contributed by atoms with Crippen LogP contribution < -0.4 is 10.6 Å². The van der Waals surface area contributed by atoms with Crippen molar-refractivity contribution in [3.63, 3.8) is 0 Å². The lowest BCUT2D eigenvalue weighted by Crippen LogP contribution is -2.27. The summed E-state index contributed by atoms with van der Waals surface area (Å²) < 4.78 is 34.6. The fourth-order valence-electron chi connectivity index (χ4n) is 6.18. The van der Waals surface area contributed by atoms with Gasteiger partial charge in [-0.3, -0.25) is 9.59 Å². The van der Waals surface area contributed by atoms with E-state index < -0.39 is 0 Å². The van der Waals surface area contributed by atoms with Gasteiger partial charge in [0.05, 0.1) is 104 Å². The Bertz CT molecular complexity index is 1990. The molecule has 4 aromatic carbocycles. The van der Waals surface area contributed by atoms with Gasteiger partial charge in [-0.25, -0.2) is 4.98 Å². The molecule has 60 heavy (non-hydrogen) atoms. The molecular weight excluding hydrogens is 769 g/mol. The quantitative estimate of drug-likeness (QED) is 0.0502. The molecular formula is C46H56N4O10. The van der Waals surface area contributed by atoms with Gasteiger partial charge in [0, 0.05) is 47.5 Å². The topological polar surface area (TPSA) is 172 Å². The van der Waals surface area contributed by atoms with Gasteiger partial charge in [0.1, 0.15) is 5.82 Å². The van der Waals surface area contributed by atoms with Gasteiger partial charge >= 0.3 is 0 Å². The molecule has 0 bridgehead atoms. The SMILES string of the molecule is O=C(NCCOCCOCCOCCO)c1cccc(-c2nc(-c3ccccc3)n(Cc3ccccc3)c2-c2cccc(C(=O)NCCOCCOCCOCCO)c2)c1. The van der Waals surface area contributed by atoms with Crippen LogP contribution in [0.25, 0.3) is 33.9 Å². The van der Waals surface area contributed by atoms with Gasteiger partial charge in [-0.05, 0) is 29.8 Å². The monoisotopic (exact) mass is 824 g/mol. The van der Waals surface area contributed by atoms with E-state index in [1.165, 1.54) is 0 Å². The number of rotatable bonds is 29. The number of aliphatic hydroxyl groups excluding tert-OH is 2. The Balaban J connectivity index is 1.32. The van der Waals surface area contributed by atoms with Crippen LogP contribution in [0.4, 0.5) is 0 Å². The Labute approximate surface area is 351 Å². The zero-order valence-electron chi connectivity index (χ0n) is 34.0. The maximum absolute atomic E-state index is 13.5. The Hall–Kier alpha value is -5.29. The summed E-state index contributed by atoms with van der Waals surface area (Å²) in [7, 11) is 0. The van der Waals surface area contributed by atoms with E-state index in [1.54, 1.807) is 12.1 Å². The van der Waals surface area contributed by atoms with Crippen LogP contribution in [-0.4, -0.2) is 137 Å². The molecule has 1 heterocycles. The first-order valence-corrected chi connectivity index (χ1v) is 20.2. The van der Waals surface area contributed by atoms with Crippen LogP contribution in [0, 0.1) is 0 Å². The van der Waals surface area contributed by atoms with Crippen molar-refractivity contribution in [1.82, 2.24) is 20.2 Å². The highest BCUT2D eigenvalue weighted by Gasteiger charge is 2.23. The van der Waals surface area contributed by atoms with Gasteiger partial charge in [0.15, 0.2) is 0 Å². The van der Waals surface area contributed by atoms with Crippen molar-refractivity contribution in [1.29, 1.82) is 0 Å². The van der Waals surface area contributed by atoms with E-state index in [9.17, 15) is 9.59 Å². The Morgan fingerprint density at radius 1 is 0.500 bits per heavy atom. The molecule has 0 spiro atoms. The lowest BCUT2D eigenvalue weighted by molar-refractivity contribution is 0.00824. The predicted molar refractivity (Wildman–Crippen MR) is 228 cm³/mol. The van der Waals surface area contributed by atoms with E-state index >= 15 is 0 Å². The minimum absolute atomic E-state index is 0.0207. The van der Waals surface area contributed by atoms with Crippen LogP contribution in [0.5, 0.6) is 0 Å². The first kappa shape index (κ1) is 45.8. The molecule has 0 atom stereocenters. The predicted octanol–water partition coefficient (Wildman–Crippen LogP) is 4.48. The summed E-state index contributed by atoms with van der Waals surface area (Å²) >= 11 is 0. The summed E-state index contributed by atoms with van der Waals surface area (Å²) in [6, 6.07) is 35.0. The second-order valence-corrected chi connectivity index (χ2v) is 13.4. The largest absolute Gasteiger partial charge is 0.394 e. The first-order valence-electron chi connectivity index (χ1n) is 20.2. The van der Waals surface area contributed by atoms with E-state index in [4.69, 9.17) is 43.6 Å². The highest BCUT2D eigenvalue weighted by atomic mass is 16.6. The van der Waals surface area contributed by atoms with Crippen molar-refractivity contribution >= 4 is 11.8 Å². The number of hydrogen-bond acceptors (Lipinski definition) is 11. The summed E-state index contributed by atoms with van der Waals surface area (Å²) in [6.45, 7) is 5.48. The van der Waals surface area contributed by atoms with Gasteiger partial charge in [-0.2, -0.15) is 0 Å². The number of imidazole rings is 1. The third-order valence-electron chi connectivity index (χ3n) is 9.00. The van der Waals surface area contributed by atoms with Crippen LogP contribution >= 0.6 is 0 Å². The zero-order chi connectivity index (χ0) is 42.0. The molecule has 320 valence electrons. The molecule has 0 radical (unpaired) electrons. The number of benzene rings is 4. The third-order valence-corrected chi connectivity index (χ3v) is 9.00. The number of carbonyl (C=O) groups excluding carboxylic acids is 2. The molecule has 0 aliphatic rings. The number of hydrogen-bond donors (Lipinski definition) is 4. The van der Waals surface area contributed by atoms with E-state index in [0.29, 0.717) is 103 Å². The normalized spacial score (nSPS) is 11.2. The van der Waals surface area contributed by atoms with Crippen molar-refractivity contribution in [2.75, 3.05) is 106 Å². The van der Waals surface area contributed by atoms with Gasteiger partial charge < -0.3 is 53.8 Å². The number of amides is 2. The molecule has 0 saturated carbocycles. The highest BCUT2D eigenvalue weighted by Crippen LogP contribution is 2.37. The Kier molecular flexibility index (Phi) is 20.4. The van der Waals surface area contributed by atoms with Crippen LogP contribution in [0.2, 0.25) is 0 Å².